The molecule has 0 bridgehead atoms. The summed E-state index contributed by atoms with van der Waals surface area (Å²) in [5.74, 6) is 0.133. The predicted octanol–water partition coefficient (Wildman–Crippen LogP) is 3.64. The molecule has 9 heteroatoms. The van der Waals surface area contributed by atoms with Crippen LogP contribution in [0.4, 0.5) is 11.5 Å². The molecule has 2 aromatic rings. The van der Waals surface area contributed by atoms with Crippen molar-refractivity contribution < 1.29 is 8.42 Å². The second kappa shape index (κ2) is 5.88. The molecule has 1 aromatic heterocycles. The van der Waals surface area contributed by atoms with E-state index in [0.717, 1.165) is 0 Å². The highest BCUT2D eigenvalue weighted by atomic mass is 79.9. The molecule has 0 radical (unpaired) electrons. The van der Waals surface area contributed by atoms with Crippen molar-refractivity contribution in [1.82, 2.24) is 4.98 Å². The van der Waals surface area contributed by atoms with Crippen LogP contribution in [-0.2, 0) is 10.0 Å². The number of nitrogens with two attached hydrogens (primary N) is 1. The SMILES string of the molecule is Nc1cc(Br)c(S(=O)(=O)Nc2cccc(Cl)n2)c(Br)c1. The molecule has 0 aliphatic carbocycles. The Morgan fingerprint density at radius 1 is 1.20 bits per heavy atom. The molecule has 0 atom stereocenters. The van der Waals surface area contributed by atoms with Crippen LogP contribution in [-0.4, -0.2) is 13.4 Å². The summed E-state index contributed by atoms with van der Waals surface area (Å²) in [6, 6.07) is 7.66. The number of sulfonamides is 1. The third kappa shape index (κ3) is 3.43. The van der Waals surface area contributed by atoms with Crippen molar-refractivity contribution in [3.05, 3.63) is 44.4 Å². The van der Waals surface area contributed by atoms with Crippen LogP contribution in [0, 0.1) is 0 Å². The number of pyridine rings is 1. The van der Waals surface area contributed by atoms with E-state index in [2.05, 4.69) is 41.6 Å². The van der Waals surface area contributed by atoms with Crippen molar-refractivity contribution >= 4 is 65.0 Å². The standard InChI is InChI=1S/C11H8Br2ClN3O2S/c12-7-4-6(15)5-8(13)11(7)20(18,19)17-10-3-1-2-9(14)16-10/h1-5H,15H2,(H,16,17). The van der Waals surface area contributed by atoms with Crippen molar-refractivity contribution in [2.75, 3.05) is 10.5 Å². The van der Waals surface area contributed by atoms with Gasteiger partial charge in [-0.25, -0.2) is 13.4 Å². The van der Waals surface area contributed by atoms with Crippen LogP contribution in [0.3, 0.4) is 0 Å². The number of benzene rings is 1. The third-order valence-corrected chi connectivity index (χ3v) is 5.68. The van der Waals surface area contributed by atoms with Crippen LogP contribution in [0.25, 0.3) is 0 Å². The smallest absolute Gasteiger partial charge is 0.265 e. The second-order valence-electron chi connectivity index (χ2n) is 3.76. The van der Waals surface area contributed by atoms with Gasteiger partial charge in [0, 0.05) is 14.6 Å². The molecule has 0 unspecified atom stereocenters. The summed E-state index contributed by atoms with van der Waals surface area (Å²) in [4.78, 5) is 3.92. The number of rotatable bonds is 3. The van der Waals surface area contributed by atoms with E-state index in [-0.39, 0.29) is 15.9 Å². The van der Waals surface area contributed by atoms with E-state index in [4.69, 9.17) is 17.3 Å². The minimum Gasteiger partial charge on any atom is -0.399 e. The average molecular weight is 442 g/mol. The van der Waals surface area contributed by atoms with Gasteiger partial charge in [-0.1, -0.05) is 17.7 Å². The Kier molecular flexibility index (Phi) is 4.58. The van der Waals surface area contributed by atoms with Gasteiger partial charge in [-0.05, 0) is 56.1 Å². The maximum Gasteiger partial charge on any atom is 0.265 e. The summed E-state index contributed by atoms with van der Waals surface area (Å²) in [6.45, 7) is 0. The summed E-state index contributed by atoms with van der Waals surface area (Å²) < 4.78 is 27.8. The number of nitrogens with one attached hydrogen (secondary N) is 1. The fourth-order valence-corrected chi connectivity index (χ4v) is 5.28. The summed E-state index contributed by atoms with van der Waals surface area (Å²) in [5.41, 5.74) is 6.07. The number of anilines is 2. The van der Waals surface area contributed by atoms with Gasteiger partial charge >= 0.3 is 0 Å². The van der Waals surface area contributed by atoms with Crippen LogP contribution in [0.2, 0.25) is 5.15 Å². The number of nitrogens with zero attached hydrogens (tertiary/aromatic N) is 1. The lowest BCUT2D eigenvalue weighted by atomic mass is 10.3. The minimum atomic E-state index is -3.83. The van der Waals surface area contributed by atoms with Gasteiger partial charge in [0.2, 0.25) is 0 Å². The van der Waals surface area contributed by atoms with E-state index in [1.165, 1.54) is 18.2 Å². The molecule has 0 spiro atoms. The molecule has 0 saturated carbocycles. The molecular formula is C11H8Br2ClN3O2S. The van der Waals surface area contributed by atoms with Gasteiger partial charge in [0.25, 0.3) is 10.0 Å². The van der Waals surface area contributed by atoms with Crippen LogP contribution in [0.15, 0.2) is 44.2 Å². The normalized spacial score (nSPS) is 11.3. The lowest BCUT2D eigenvalue weighted by Crippen LogP contribution is -2.15. The molecule has 20 heavy (non-hydrogen) atoms. The van der Waals surface area contributed by atoms with Gasteiger partial charge < -0.3 is 5.73 Å². The van der Waals surface area contributed by atoms with Gasteiger partial charge in [0.1, 0.15) is 15.9 Å². The van der Waals surface area contributed by atoms with E-state index in [1.807, 2.05) is 0 Å². The van der Waals surface area contributed by atoms with Gasteiger partial charge in [-0.15, -0.1) is 0 Å². The lowest BCUT2D eigenvalue weighted by Gasteiger charge is -2.11. The lowest BCUT2D eigenvalue weighted by molar-refractivity contribution is 0.600. The van der Waals surface area contributed by atoms with Crippen molar-refractivity contribution in [2.24, 2.45) is 0 Å². The zero-order valence-electron chi connectivity index (χ0n) is 9.77. The summed E-state index contributed by atoms with van der Waals surface area (Å²) in [5, 5.41) is 0.195. The minimum absolute atomic E-state index is 0.0356. The predicted molar refractivity (Wildman–Crippen MR) is 86.3 cm³/mol. The largest absolute Gasteiger partial charge is 0.399 e. The fraction of sp³-hybridized carbons (Fsp3) is 0. The summed E-state index contributed by atoms with van der Waals surface area (Å²) in [7, 11) is -3.83. The van der Waals surface area contributed by atoms with Gasteiger partial charge in [-0.3, -0.25) is 4.72 Å². The molecule has 0 aliphatic rings. The van der Waals surface area contributed by atoms with E-state index >= 15 is 0 Å². The summed E-state index contributed by atoms with van der Waals surface area (Å²) >= 11 is 12.1. The monoisotopic (exact) mass is 439 g/mol. The van der Waals surface area contributed by atoms with Crippen molar-refractivity contribution in [2.45, 2.75) is 4.90 Å². The number of halogens is 3. The topological polar surface area (TPSA) is 85.1 Å². The van der Waals surface area contributed by atoms with E-state index in [0.29, 0.717) is 14.6 Å². The highest BCUT2D eigenvalue weighted by molar-refractivity contribution is 9.11. The van der Waals surface area contributed by atoms with E-state index in [9.17, 15) is 8.42 Å². The molecule has 0 saturated heterocycles. The molecule has 2 rings (SSSR count). The first kappa shape index (κ1) is 15.6. The Morgan fingerprint density at radius 2 is 1.80 bits per heavy atom. The highest BCUT2D eigenvalue weighted by Gasteiger charge is 2.22. The Balaban J connectivity index is 2.46. The Bertz CT molecular complexity index is 745. The van der Waals surface area contributed by atoms with Crippen LogP contribution >= 0.6 is 43.5 Å². The van der Waals surface area contributed by atoms with E-state index < -0.39 is 10.0 Å². The molecule has 1 aromatic carbocycles. The fourth-order valence-electron chi connectivity index (χ4n) is 1.49. The Hall–Kier alpha value is -0.830. The zero-order valence-corrected chi connectivity index (χ0v) is 14.5. The first-order valence-corrected chi connectivity index (χ1v) is 8.64. The van der Waals surface area contributed by atoms with Crippen molar-refractivity contribution in [3.63, 3.8) is 0 Å². The number of hydrogen-bond acceptors (Lipinski definition) is 4. The number of hydrogen-bond donors (Lipinski definition) is 2. The molecule has 1 heterocycles. The first-order chi connectivity index (χ1) is 9.29. The molecule has 3 N–H and O–H groups in total. The quantitative estimate of drug-likeness (QED) is 0.563. The van der Waals surface area contributed by atoms with E-state index in [1.54, 1.807) is 12.1 Å². The van der Waals surface area contributed by atoms with Gasteiger partial charge in [0.15, 0.2) is 0 Å². The Morgan fingerprint density at radius 3 is 2.35 bits per heavy atom. The molecule has 0 amide bonds. The number of nitrogen functional groups attached to an aromatic ring is 1. The number of aromatic nitrogens is 1. The maximum atomic E-state index is 12.4. The molecule has 106 valence electrons. The summed E-state index contributed by atoms with van der Waals surface area (Å²) in [6.07, 6.45) is 0. The highest BCUT2D eigenvalue weighted by Crippen LogP contribution is 2.33. The van der Waals surface area contributed by atoms with Crippen LogP contribution < -0.4 is 10.5 Å². The second-order valence-corrected chi connectivity index (χ2v) is 7.48. The molecular weight excluding hydrogens is 433 g/mol. The average Bonchev–Trinajstić information content (AvgIpc) is 2.25. The molecule has 5 nitrogen and oxygen atoms in total. The van der Waals surface area contributed by atoms with Gasteiger partial charge in [-0.2, -0.15) is 0 Å². The van der Waals surface area contributed by atoms with Crippen LogP contribution in [0.1, 0.15) is 0 Å². The van der Waals surface area contributed by atoms with Crippen LogP contribution in [0.5, 0.6) is 0 Å². The first-order valence-electron chi connectivity index (χ1n) is 5.19. The van der Waals surface area contributed by atoms with Crippen molar-refractivity contribution in [1.29, 1.82) is 0 Å². The van der Waals surface area contributed by atoms with Gasteiger partial charge in [0.05, 0.1) is 0 Å². The zero-order chi connectivity index (χ0) is 14.9. The van der Waals surface area contributed by atoms with Crippen molar-refractivity contribution in [3.8, 4) is 0 Å². The third-order valence-electron chi connectivity index (χ3n) is 2.24. The maximum absolute atomic E-state index is 12.4. The molecule has 0 fully saturated rings. The molecule has 0 aliphatic heterocycles. The Labute approximate surface area is 137 Å².